The molecule has 0 radical (unpaired) electrons. The highest BCUT2D eigenvalue weighted by atomic mass is 16.5. The van der Waals surface area contributed by atoms with Gasteiger partial charge in [-0.25, -0.2) is 0 Å². The molecule has 0 aliphatic carbocycles. The van der Waals surface area contributed by atoms with Gasteiger partial charge >= 0.3 is 0 Å². The molecule has 1 atom stereocenters. The highest BCUT2D eigenvalue weighted by Crippen LogP contribution is 2.25. The number of rotatable bonds is 4. The number of aromatic amines is 1. The van der Waals surface area contributed by atoms with Crippen LogP contribution in [0.15, 0.2) is 6.07 Å². The molecule has 0 unspecified atom stereocenters. The predicted octanol–water partition coefficient (Wildman–Crippen LogP) is -0.453. The summed E-state index contributed by atoms with van der Waals surface area (Å²) in [5, 5.41) is 6.85. The molecule has 0 aromatic carbocycles. The highest BCUT2D eigenvalue weighted by molar-refractivity contribution is 5.90. The molecule has 0 spiro atoms. The summed E-state index contributed by atoms with van der Waals surface area (Å²) in [7, 11) is 0. The van der Waals surface area contributed by atoms with Crippen LogP contribution in [0.3, 0.4) is 0 Å². The Hall–Kier alpha value is -1.93. The van der Waals surface area contributed by atoms with E-state index in [1.165, 1.54) is 0 Å². The molecule has 3 rings (SSSR count). The summed E-state index contributed by atoms with van der Waals surface area (Å²) in [5.41, 5.74) is 6.42. The number of morpholine rings is 1. The number of likely N-dealkylation sites (tertiary alicyclic amines) is 1. The van der Waals surface area contributed by atoms with Crippen molar-refractivity contribution in [1.82, 2.24) is 20.0 Å². The van der Waals surface area contributed by atoms with E-state index in [0.29, 0.717) is 32.8 Å². The summed E-state index contributed by atoms with van der Waals surface area (Å²) < 4.78 is 5.28. The summed E-state index contributed by atoms with van der Waals surface area (Å²) in [6.07, 6.45) is 2.04. The normalized spacial score (nSPS) is 23.0. The van der Waals surface area contributed by atoms with E-state index >= 15 is 0 Å². The molecule has 3 heterocycles. The number of hydrogen-bond donors (Lipinski definition) is 2. The van der Waals surface area contributed by atoms with Crippen LogP contribution in [0.25, 0.3) is 0 Å². The first-order valence-electron chi connectivity index (χ1n) is 8.06. The Bertz CT molecular complexity index is 567. The zero-order chi connectivity index (χ0) is 16.2. The number of piperidine rings is 1. The Morgan fingerprint density at radius 3 is 2.83 bits per heavy atom. The minimum atomic E-state index is -0.525. The van der Waals surface area contributed by atoms with Crippen LogP contribution in [-0.2, 0) is 9.53 Å². The van der Waals surface area contributed by atoms with Gasteiger partial charge < -0.3 is 15.4 Å². The number of aromatic nitrogens is 2. The van der Waals surface area contributed by atoms with Crippen LogP contribution >= 0.6 is 0 Å². The van der Waals surface area contributed by atoms with Crippen molar-refractivity contribution in [2.24, 2.45) is 5.73 Å². The van der Waals surface area contributed by atoms with E-state index in [1.807, 2.05) is 4.90 Å². The summed E-state index contributed by atoms with van der Waals surface area (Å²) in [5.74, 6) is -0.110. The van der Waals surface area contributed by atoms with Crippen molar-refractivity contribution in [1.29, 1.82) is 0 Å². The van der Waals surface area contributed by atoms with E-state index in [2.05, 4.69) is 15.1 Å². The molecule has 0 saturated carbocycles. The number of nitrogens with one attached hydrogen (secondary N) is 1. The Kier molecular flexibility index (Phi) is 4.92. The van der Waals surface area contributed by atoms with Gasteiger partial charge in [0.15, 0.2) is 0 Å². The zero-order valence-corrected chi connectivity index (χ0v) is 13.2. The minimum Gasteiger partial charge on any atom is -0.378 e. The van der Waals surface area contributed by atoms with E-state index in [9.17, 15) is 9.59 Å². The lowest BCUT2D eigenvalue weighted by atomic mass is 9.94. The monoisotopic (exact) mass is 321 g/mol. The SMILES string of the molecule is NC(=O)c1cc([C@H]2CCCN(CC(=O)N3CCOCC3)C2)[nH]n1. The average Bonchev–Trinajstić information content (AvgIpc) is 3.06. The molecule has 2 saturated heterocycles. The number of carbonyl (C=O) groups excluding carboxylic acids is 2. The van der Waals surface area contributed by atoms with Crippen LogP contribution in [0.4, 0.5) is 0 Å². The van der Waals surface area contributed by atoms with Gasteiger partial charge in [-0.2, -0.15) is 5.10 Å². The van der Waals surface area contributed by atoms with Gasteiger partial charge in [0.2, 0.25) is 5.91 Å². The maximum Gasteiger partial charge on any atom is 0.269 e. The molecule has 2 fully saturated rings. The summed E-state index contributed by atoms with van der Waals surface area (Å²) >= 11 is 0. The molecule has 8 heteroatoms. The van der Waals surface area contributed by atoms with Gasteiger partial charge in [0.25, 0.3) is 5.91 Å². The molecular formula is C15H23N5O3. The highest BCUT2D eigenvalue weighted by Gasteiger charge is 2.26. The Labute approximate surface area is 134 Å². The summed E-state index contributed by atoms with van der Waals surface area (Å²) in [6.45, 7) is 4.75. The zero-order valence-electron chi connectivity index (χ0n) is 13.2. The van der Waals surface area contributed by atoms with Gasteiger partial charge in [0, 0.05) is 31.2 Å². The lowest BCUT2D eigenvalue weighted by Crippen LogP contribution is -2.47. The second kappa shape index (κ2) is 7.10. The predicted molar refractivity (Wildman–Crippen MR) is 82.9 cm³/mol. The van der Waals surface area contributed by atoms with Crippen LogP contribution in [0.1, 0.15) is 34.9 Å². The fraction of sp³-hybridized carbons (Fsp3) is 0.667. The van der Waals surface area contributed by atoms with Gasteiger partial charge in [-0.3, -0.25) is 19.6 Å². The first kappa shape index (κ1) is 15.9. The molecule has 1 aromatic rings. The van der Waals surface area contributed by atoms with E-state index in [0.717, 1.165) is 31.6 Å². The lowest BCUT2D eigenvalue weighted by Gasteiger charge is -2.34. The minimum absolute atomic E-state index is 0.163. The lowest BCUT2D eigenvalue weighted by molar-refractivity contribution is -0.136. The molecule has 2 amide bonds. The fourth-order valence-corrected chi connectivity index (χ4v) is 3.23. The number of H-pyrrole nitrogens is 1. The number of carbonyl (C=O) groups is 2. The number of primary amides is 1. The second-order valence-electron chi connectivity index (χ2n) is 6.14. The molecule has 1 aromatic heterocycles. The van der Waals surface area contributed by atoms with Gasteiger partial charge in [-0.05, 0) is 25.5 Å². The summed E-state index contributed by atoms with van der Waals surface area (Å²) in [6, 6.07) is 1.72. The van der Waals surface area contributed by atoms with E-state index in [-0.39, 0.29) is 17.5 Å². The molecule has 0 bridgehead atoms. The molecule has 126 valence electrons. The Morgan fingerprint density at radius 2 is 2.13 bits per heavy atom. The molecule has 8 nitrogen and oxygen atoms in total. The van der Waals surface area contributed by atoms with Crippen LogP contribution in [0.5, 0.6) is 0 Å². The maximum absolute atomic E-state index is 12.4. The number of hydrogen-bond acceptors (Lipinski definition) is 5. The van der Waals surface area contributed by atoms with Gasteiger partial charge in [0.1, 0.15) is 5.69 Å². The van der Waals surface area contributed by atoms with Crippen molar-refractivity contribution in [3.8, 4) is 0 Å². The van der Waals surface area contributed by atoms with Crippen LogP contribution in [0.2, 0.25) is 0 Å². The van der Waals surface area contributed by atoms with Crippen LogP contribution in [-0.4, -0.2) is 77.7 Å². The van der Waals surface area contributed by atoms with Gasteiger partial charge in [-0.1, -0.05) is 0 Å². The standard InChI is InChI=1S/C15H23N5O3/c16-15(22)13-8-12(17-18-13)11-2-1-3-19(9-11)10-14(21)20-4-6-23-7-5-20/h8,11H,1-7,9-10H2,(H2,16,22)(H,17,18)/t11-/m0/s1. The molecule has 2 aliphatic rings. The summed E-state index contributed by atoms with van der Waals surface area (Å²) in [4.78, 5) is 27.5. The molecular weight excluding hydrogens is 298 g/mol. The van der Waals surface area contributed by atoms with Gasteiger partial charge in [0.05, 0.1) is 19.8 Å². The first-order valence-corrected chi connectivity index (χ1v) is 8.06. The van der Waals surface area contributed by atoms with E-state index in [1.54, 1.807) is 6.07 Å². The maximum atomic E-state index is 12.4. The van der Waals surface area contributed by atoms with Crippen molar-refractivity contribution >= 4 is 11.8 Å². The molecule has 3 N–H and O–H groups in total. The smallest absolute Gasteiger partial charge is 0.269 e. The van der Waals surface area contributed by atoms with Crippen molar-refractivity contribution in [3.63, 3.8) is 0 Å². The Balaban J connectivity index is 1.57. The number of nitrogens with two attached hydrogens (primary N) is 1. The van der Waals surface area contributed by atoms with Crippen LogP contribution < -0.4 is 5.73 Å². The number of nitrogens with zero attached hydrogens (tertiary/aromatic N) is 3. The van der Waals surface area contributed by atoms with Crippen molar-refractivity contribution < 1.29 is 14.3 Å². The third-order valence-corrected chi connectivity index (χ3v) is 4.52. The topological polar surface area (TPSA) is 105 Å². The quantitative estimate of drug-likeness (QED) is 0.781. The average molecular weight is 321 g/mol. The van der Waals surface area contributed by atoms with E-state index in [4.69, 9.17) is 10.5 Å². The third-order valence-electron chi connectivity index (χ3n) is 4.52. The largest absolute Gasteiger partial charge is 0.378 e. The van der Waals surface area contributed by atoms with Crippen LogP contribution in [0, 0.1) is 0 Å². The van der Waals surface area contributed by atoms with Crippen molar-refractivity contribution in [3.05, 3.63) is 17.5 Å². The van der Waals surface area contributed by atoms with Crippen molar-refractivity contribution in [2.75, 3.05) is 45.9 Å². The Morgan fingerprint density at radius 1 is 1.35 bits per heavy atom. The number of amides is 2. The fourth-order valence-electron chi connectivity index (χ4n) is 3.23. The second-order valence-corrected chi connectivity index (χ2v) is 6.14. The number of ether oxygens (including phenoxy) is 1. The first-order chi connectivity index (χ1) is 11.1. The molecule has 2 aliphatic heterocycles. The third kappa shape index (κ3) is 3.89. The van der Waals surface area contributed by atoms with E-state index < -0.39 is 5.91 Å². The van der Waals surface area contributed by atoms with Crippen molar-refractivity contribution in [2.45, 2.75) is 18.8 Å². The molecule has 23 heavy (non-hydrogen) atoms. The van der Waals surface area contributed by atoms with Gasteiger partial charge in [-0.15, -0.1) is 0 Å².